The Balaban J connectivity index is 2.59. The zero-order valence-electron chi connectivity index (χ0n) is 8.85. The van der Waals surface area contributed by atoms with Gasteiger partial charge in [-0.1, -0.05) is 34.1 Å². The zero-order chi connectivity index (χ0) is 11.5. The van der Waals surface area contributed by atoms with Crippen molar-refractivity contribution in [2.45, 2.75) is 13.5 Å². The number of carbonyl (C=O) groups is 1. The van der Waals surface area contributed by atoms with E-state index in [1.165, 1.54) is 0 Å². The summed E-state index contributed by atoms with van der Waals surface area (Å²) in [4.78, 5) is 11.0. The third-order valence-corrected chi connectivity index (χ3v) is 3.06. The summed E-state index contributed by atoms with van der Waals surface area (Å²) in [6.07, 6.45) is 2.61. The van der Waals surface area contributed by atoms with Gasteiger partial charge in [0.25, 0.3) is 0 Å². The molecule has 0 fully saturated rings. The van der Waals surface area contributed by atoms with E-state index >= 15 is 0 Å². The summed E-state index contributed by atoms with van der Waals surface area (Å²) in [7, 11) is 0. The monoisotopic (exact) mass is 278 g/mol. The number of halogens is 1. The Morgan fingerprint density at radius 3 is 2.81 bits per heavy atom. The topological polar surface area (TPSA) is 34.9 Å². The van der Waals surface area contributed by atoms with Crippen LogP contribution in [0.1, 0.15) is 17.3 Å². The van der Waals surface area contributed by atoms with Crippen LogP contribution in [0.15, 0.2) is 34.9 Å². The maximum atomic E-state index is 11.0. The van der Waals surface area contributed by atoms with Gasteiger partial charge in [0.05, 0.1) is 5.56 Å². The van der Waals surface area contributed by atoms with Crippen molar-refractivity contribution in [3.8, 4) is 11.3 Å². The molecule has 0 bridgehead atoms. The lowest BCUT2D eigenvalue weighted by atomic mass is 10.1. The molecule has 82 valence electrons. The van der Waals surface area contributed by atoms with Crippen LogP contribution in [0.5, 0.6) is 0 Å². The van der Waals surface area contributed by atoms with E-state index in [2.05, 4.69) is 21.0 Å². The highest BCUT2D eigenvalue weighted by molar-refractivity contribution is 9.10. The van der Waals surface area contributed by atoms with Crippen molar-refractivity contribution in [3.05, 3.63) is 40.5 Å². The van der Waals surface area contributed by atoms with Crippen molar-refractivity contribution in [1.29, 1.82) is 0 Å². The highest BCUT2D eigenvalue weighted by Crippen LogP contribution is 2.28. The Labute approximate surface area is 102 Å². The van der Waals surface area contributed by atoms with E-state index < -0.39 is 0 Å². The molecule has 0 saturated carbocycles. The molecule has 0 atom stereocenters. The molecule has 0 saturated heterocycles. The minimum absolute atomic E-state index is 0.619. The van der Waals surface area contributed by atoms with E-state index in [1.807, 2.05) is 31.2 Å². The maximum absolute atomic E-state index is 11.0. The molecular formula is C12H11BrN2O. The average Bonchev–Trinajstić information content (AvgIpc) is 2.72. The number of hydrogen-bond donors (Lipinski definition) is 0. The van der Waals surface area contributed by atoms with Crippen LogP contribution in [0.2, 0.25) is 0 Å². The van der Waals surface area contributed by atoms with Crippen LogP contribution in [0, 0.1) is 0 Å². The largest absolute Gasteiger partial charge is 0.298 e. The highest BCUT2D eigenvalue weighted by atomic mass is 79.9. The number of nitrogens with zero attached hydrogens (tertiary/aromatic N) is 2. The fraction of sp³-hybridized carbons (Fsp3) is 0.167. The first-order valence-electron chi connectivity index (χ1n) is 5.03. The first kappa shape index (κ1) is 11.1. The van der Waals surface area contributed by atoms with Gasteiger partial charge in [-0.25, -0.2) is 0 Å². The Hall–Kier alpha value is -1.42. The fourth-order valence-corrected chi connectivity index (χ4v) is 2.02. The van der Waals surface area contributed by atoms with Gasteiger partial charge in [-0.05, 0) is 13.0 Å². The second kappa shape index (κ2) is 4.61. The van der Waals surface area contributed by atoms with Crippen molar-refractivity contribution < 1.29 is 4.79 Å². The standard InChI is InChI=1S/C12H11BrN2O/c1-2-15-7-9(8-16)12(14-15)10-5-3-4-6-11(10)13/h3-8H,2H2,1H3. The molecule has 1 aromatic heterocycles. The molecular weight excluding hydrogens is 268 g/mol. The average molecular weight is 279 g/mol. The van der Waals surface area contributed by atoms with Crippen LogP contribution < -0.4 is 0 Å². The smallest absolute Gasteiger partial charge is 0.153 e. The lowest BCUT2D eigenvalue weighted by molar-refractivity contribution is 0.112. The van der Waals surface area contributed by atoms with Crippen molar-refractivity contribution in [2.24, 2.45) is 0 Å². The molecule has 3 nitrogen and oxygen atoms in total. The molecule has 4 heteroatoms. The summed E-state index contributed by atoms with van der Waals surface area (Å²) in [5, 5.41) is 4.39. The lowest BCUT2D eigenvalue weighted by Crippen LogP contribution is -1.93. The van der Waals surface area contributed by atoms with Crippen LogP contribution in [0.4, 0.5) is 0 Å². The van der Waals surface area contributed by atoms with E-state index in [0.717, 1.165) is 28.6 Å². The molecule has 1 heterocycles. The van der Waals surface area contributed by atoms with Crippen LogP contribution in [0.25, 0.3) is 11.3 Å². The first-order chi connectivity index (χ1) is 7.76. The third-order valence-electron chi connectivity index (χ3n) is 2.37. The summed E-state index contributed by atoms with van der Waals surface area (Å²) < 4.78 is 2.71. The van der Waals surface area contributed by atoms with Gasteiger partial charge in [0, 0.05) is 22.8 Å². The van der Waals surface area contributed by atoms with Gasteiger partial charge in [0.1, 0.15) is 5.69 Å². The summed E-state index contributed by atoms with van der Waals surface area (Å²) >= 11 is 3.46. The molecule has 0 aliphatic heterocycles. The number of benzene rings is 1. The van der Waals surface area contributed by atoms with E-state index in [9.17, 15) is 4.79 Å². The van der Waals surface area contributed by atoms with Gasteiger partial charge in [0.2, 0.25) is 0 Å². The Bertz CT molecular complexity index is 519. The number of aryl methyl sites for hydroxylation is 1. The molecule has 2 rings (SSSR count). The van der Waals surface area contributed by atoms with Crippen LogP contribution in [-0.4, -0.2) is 16.1 Å². The van der Waals surface area contributed by atoms with Gasteiger partial charge < -0.3 is 0 Å². The summed E-state index contributed by atoms with van der Waals surface area (Å²) in [5.41, 5.74) is 2.29. The number of carbonyl (C=O) groups excluding carboxylic acids is 1. The quantitative estimate of drug-likeness (QED) is 0.809. The molecule has 0 unspecified atom stereocenters. The van der Waals surface area contributed by atoms with Crippen LogP contribution >= 0.6 is 15.9 Å². The summed E-state index contributed by atoms with van der Waals surface area (Å²) in [5.74, 6) is 0. The molecule has 16 heavy (non-hydrogen) atoms. The number of aldehydes is 1. The fourth-order valence-electron chi connectivity index (χ4n) is 1.55. The maximum Gasteiger partial charge on any atom is 0.153 e. The van der Waals surface area contributed by atoms with E-state index in [0.29, 0.717) is 5.56 Å². The first-order valence-corrected chi connectivity index (χ1v) is 5.83. The SMILES string of the molecule is CCn1cc(C=O)c(-c2ccccc2Br)n1. The van der Waals surface area contributed by atoms with Gasteiger partial charge in [-0.2, -0.15) is 5.10 Å². The molecule has 0 amide bonds. The second-order valence-corrected chi connectivity index (χ2v) is 4.24. The van der Waals surface area contributed by atoms with E-state index in [1.54, 1.807) is 10.9 Å². The lowest BCUT2D eigenvalue weighted by Gasteiger charge is -2.00. The molecule has 0 aliphatic rings. The molecule has 0 N–H and O–H groups in total. The van der Waals surface area contributed by atoms with E-state index in [4.69, 9.17) is 0 Å². The Kier molecular flexibility index (Phi) is 3.19. The minimum atomic E-state index is 0.619. The number of hydrogen-bond acceptors (Lipinski definition) is 2. The Morgan fingerprint density at radius 1 is 1.44 bits per heavy atom. The van der Waals surface area contributed by atoms with Gasteiger partial charge >= 0.3 is 0 Å². The van der Waals surface area contributed by atoms with Crippen molar-refractivity contribution in [2.75, 3.05) is 0 Å². The zero-order valence-corrected chi connectivity index (χ0v) is 10.4. The van der Waals surface area contributed by atoms with Crippen LogP contribution in [-0.2, 0) is 6.54 Å². The molecule has 2 aromatic rings. The molecule has 0 spiro atoms. The second-order valence-electron chi connectivity index (χ2n) is 3.39. The molecule has 0 radical (unpaired) electrons. The van der Waals surface area contributed by atoms with Crippen LogP contribution in [0.3, 0.4) is 0 Å². The number of rotatable bonds is 3. The van der Waals surface area contributed by atoms with Crippen molar-refractivity contribution in [3.63, 3.8) is 0 Å². The predicted octanol–water partition coefficient (Wildman–Crippen LogP) is 3.15. The van der Waals surface area contributed by atoms with E-state index in [-0.39, 0.29) is 0 Å². The Morgan fingerprint density at radius 2 is 2.19 bits per heavy atom. The van der Waals surface area contributed by atoms with Crippen molar-refractivity contribution >= 4 is 22.2 Å². The van der Waals surface area contributed by atoms with Gasteiger partial charge in [0.15, 0.2) is 6.29 Å². The minimum Gasteiger partial charge on any atom is -0.298 e. The van der Waals surface area contributed by atoms with Gasteiger partial charge in [-0.3, -0.25) is 9.48 Å². The van der Waals surface area contributed by atoms with Crippen molar-refractivity contribution in [1.82, 2.24) is 9.78 Å². The summed E-state index contributed by atoms with van der Waals surface area (Å²) in [6, 6.07) is 7.75. The normalized spacial score (nSPS) is 10.4. The third kappa shape index (κ3) is 1.93. The summed E-state index contributed by atoms with van der Waals surface area (Å²) in [6.45, 7) is 2.75. The number of aromatic nitrogens is 2. The van der Waals surface area contributed by atoms with Gasteiger partial charge in [-0.15, -0.1) is 0 Å². The predicted molar refractivity (Wildman–Crippen MR) is 66.4 cm³/mol. The molecule has 0 aliphatic carbocycles. The molecule has 1 aromatic carbocycles. The highest BCUT2D eigenvalue weighted by Gasteiger charge is 2.12.